The zero-order chi connectivity index (χ0) is 12.5. The summed E-state index contributed by atoms with van der Waals surface area (Å²) in [6.07, 6.45) is 0. The molecule has 16 heavy (non-hydrogen) atoms. The standard InChI is InChI=1S/C8H7BrFNO4S/c1-15-8(12)4-2-5(10)7(9)6(3-4)16(11,13)14/h2-3H,1H3,(H2,11,13,14). The van der Waals surface area contributed by atoms with Crippen molar-refractivity contribution in [2.24, 2.45) is 5.14 Å². The first kappa shape index (κ1) is 13.1. The van der Waals surface area contributed by atoms with Crippen LogP contribution in [0, 0.1) is 5.82 Å². The summed E-state index contributed by atoms with van der Waals surface area (Å²) < 4.78 is 39.5. The van der Waals surface area contributed by atoms with Gasteiger partial charge >= 0.3 is 5.97 Å². The van der Waals surface area contributed by atoms with E-state index in [1.54, 1.807) is 0 Å². The minimum absolute atomic E-state index is 0.229. The zero-order valence-corrected chi connectivity index (χ0v) is 10.4. The lowest BCUT2D eigenvalue weighted by atomic mass is 10.2. The first-order valence-electron chi connectivity index (χ1n) is 3.87. The van der Waals surface area contributed by atoms with Crippen molar-refractivity contribution in [2.45, 2.75) is 4.90 Å². The fraction of sp³-hybridized carbons (Fsp3) is 0.125. The molecule has 5 nitrogen and oxygen atoms in total. The smallest absolute Gasteiger partial charge is 0.337 e. The van der Waals surface area contributed by atoms with Gasteiger partial charge in [0.05, 0.1) is 22.0 Å². The lowest BCUT2D eigenvalue weighted by Gasteiger charge is -2.06. The highest BCUT2D eigenvalue weighted by atomic mass is 79.9. The largest absolute Gasteiger partial charge is 0.465 e. The van der Waals surface area contributed by atoms with E-state index in [1.165, 1.54) is 0 Å². The summed E-state index contributed by atoms with van der Waals surface area (Å²) >= 11 is 2.73. The minimum Gasteiger partial charge on any atom is -0.465 e. The summed E-state index contributed by atoms with van der Waals surface area (Å²) in [5, 5.41) is 4.86. The summed E-state index contributed by atoms with van der Waals surface area (Å²) in [6, 6.07) is 1.79. The molecular weight excluding hydrogens is 305 g/mol. The number of primary sulfonamides is 1. The molecule has 0 atom stereocenters. The molecule has 0 spiro atoms. The van der Waals surface area contributed by atoms with E-state index in [4.69, 9.17) is 5.14 Å². The molecule has 8 heteroatoms. The Morgan fingerprint density at radius 1 is 1.50 bits per heavy atom. The maximum Gasteiger partial charge on any atom is 0.337 e. The Bertz CT molecular complexity index is 543. The average molecular weight is 312 g/mol. The van der Waals surface area contributed by atoms with E-state index in [-0.39, 0.29) is 10.0 Å². The highest BCUT2D eigenvalue weighted by Crippen LogP contribution is 2.26. The molecule has 0 aliphatic heterocycles. The lowest BCUT2D eigenvalue weighted by Crippen LogP contribution is -2.15. The van der Waals surface area contributed by atoms with Crippen LogP contribution >= 0.6 is 15.9 Å². The molecule has 0 radical (unpaired) electrons. The van der Waals surface area contributed by atoms with Crippen LogP contribution in [0.3, 0.4) is 0 Å². The van der Waals surface area contributed by atoms with Gasteiger partial charge in [0.25, 0.3) is 0 Å². The van der Waals surface area contributed by atoms with Crippen LogP contribution in [0.4, 0.5) is 4.39 Å². The quantitative estimate of drug-likeness (QED) is 0.826. The highest BCUT2D eigenvalue weighted by Gasteiger charge is 2.20. The Morgan fingerprint density at radius 3 is 2.50 bits per heavy atom. The fourth-order valence-corrected chi connectivity index (χ4v) is 2.55. The molecule has 0 aliphatic rings. The number of ether oxygens (including phenoxy) is 1. The zero-order valence-electron chi connectivity index (χ0n) is 8.03. The highest BCUT2D eigenvalue weighted by molar-refractivity contribution is 9.10. The van der Waals surface area contributed by atoms with Crippen molar-refractivity contribution in [1.29, 1.82) is 0 Å². The maximum absolute atomic E-state index is 13.3. The van der Waals surface area contributed by atoms with Crippen LogP contribution in [0.5, 0.6) is 0 Å². The second kappa shape index (κ2) is 4.48. The van der Waals surface area contributed by atoms with Gasteiger partial charge < -0.3 is 4.74 Å². The van der Waals surface area contributed by atoms with Crippen molar-refractivity contribution in [3.8, 4) is 0 Å². The van der Waals surface area contributed by atoms with Crippen molar-refractivity contribution < 1.29 is 22.3 Å². The van der Waals surface area contributed by atoms with Crippen LogP contribution in [0.25, 0.3) is 0 Å². The predicted octanol–water partition coefficient (Wildman–Crippen LogP) is 1.02. The second-order valence-corrected chi connectivity index (χ2v) is 5.13. The van der Waals surface area contributed by atoms with Crippen molar-refractivity contribution in [2.75, 3.05) is 7.11 Å². The van der Waals surface area contributed by atoms with Crippen molar-refractivity contribution >= 4 is 31.9 Å². The van der Waals surface area contributed by atoms with E-state index in [2.05, 4.69) is 20.7 Å². The number of sulfonamides is 1. The third kappa shape index (κ3) is 2.57. The monoisotopic (exact) mass is 311 g/mol. The van der Waals surface area contributed by atoms with Crippen molar-refractivity contribution in [3.05, 3.63) is 28.0 Å². The Balaban J connectivity index is 3.52. The van der Waals surface area contributed by atoms with Gasteiger partial charge in [-0.1, -0.05) is 0 Å². The van der Waals surface area contributed by atoms with E-state index < -0.39 is 26.7 Å². The molecule has 1 rings (SSSR count). The number of benzene rings is 1. The minimum atomic E-state index is -4.11. The number of halogens is 2. The maximum atomic E-state index is 13.3. The van der Waals surface area contributed by atoms with Gasteiger partial charge in [-0.05, 0) is 28.1 Å². The van der Waals surface area contributed by atoms with Crippen LogP contribution in [-0.4, -0.2) is 21.5 Å². The van der Waals surface area contributed by atoms with Gasteiger partial charge in [-0.2, -0.15) is 0 Å². The first-order chi connectivity index (χ1) is 7.27. The molecular formula is C8H7BrFNO4S. The van der Waals surface area contributed by atoms with E-state index in [1.807, 2.05) is 0 Å². The Hall–Kier alpha value is -0.990. The molecule has 0 unspecified atom stereocenters. The van der Waals surface area contributed by atoms with E-state index in [9.17, 15) is 17.6 Å². The number of methoxy groups -OCH3 is 1. The third-order valence-corrected chi connectivity index (χ3v) is 3.73. The third-order valence-electron chi connectivity index (χ3n) is 1.72. The van der Waals surface area contributed by atoms with Crippen LogP contribution in [-0.2, 0) is 14.8 Å². The molecule has 2 N–H and O–H groups in total. The molecule has 0 aromatic heterocycles. The van der Waals surface area contributed by atoms with E-state index >= 15 is 0 Å². The van der Waals surface area contributed by atoms with Gasteiger partial charge in [-0.25, -0.2) is 22.7 Å². The number of nitrogens with two attached hydrogens (primary N) is 1. The first-order valence-corrected chi connectivity index (χ1v) is 6.21. The van der Waals surface area contributed by atoms with Gasteiger partial charge in [0.15, 0.2) is 0 Å². The number of hydrogen-bond donors (Lipinski definition) is 1. The molecule has 0 heterocycles. The molecule has 1 aromatic carbocycles. The summed E-state index contributed by atoms with van der Waals surface area (Å²) in [7, 11) is -3.02. The molecule has 0 saturated heterocycles. The van der Waals surface area contributed by atoms with Crippen LogP contribution in [0.2, 0.25) is 0 Å². The number of carbonyl (C=O) groups excluding carboxylic acids is 1. The molecule has 0 saturated carbocycles. The van der Waals surface area contributed by atoms with E-state index in [0.717, 1.165) is 19.2 Å². The molecule has 0 aliphatic carbocycles. The summed E-state index contributed by atoms with van der Waals surface area (Å²) in [5.74, 6) is -1.76. The number of carbonyl (C=O) groups is 1. The Labute approximate surface area is 99.6 Å². The molecule has 0 fully saturated rings. The van der Waals surface area contributed by atoms with E-state index in [0.29, 0.717) is 0 Å². The molecule has 0 amide bonds. The van der Waals surface area contributed by atoms with Gasteiger partial charge in [0, 0.05) is 0 Å². The summed E-state index contributed by atoms with van der Waals surface area (Å²) in [5.41, 5.74) is -0.229. The Kier molecular flexibility index (Phi) is 3.66. The predicted molar refractivity (Wildman–Crippen MR) is 56.8 cm³/mol. The Morgan fingerprint density at radius 2 is 2.06 bits per heavy atom. The lowest BCUT2D eigenvalue weighted by molar-refractivity contribution is 0.0600. The number of rotatable bonds is 2. The van der Waals surface area contributed by atoms with Crippen molar-refractivity contribution in [3.63, 3.8) is 0 Å². The van der Waals surface area contributed by atoms with Crippen LogP contribution < -0.4 is 5.14 Å². The number of hydrogen-bond acceptors (Lipinski definition) is 4. The second-order valence-electron chi connectivity index (χ2n) is 2.81. The fourth-order valence-electron chi connectivity index (χ4n) is 1.01. The van der Waals surface area contributed by atoms with Gasteiger partial charge in [0.2, 0.25) is 10.0 Å². The van der Waals surface area contributed by atoms with Gasteiger partial charge in [-0.15, -0.1) is 0 Å². The summed E-state index contributed by atoms with van der Waals surface area (Å²) in [6.45, 7) is 0. The SMILES string of the molecule is COC(=O)c1cc(F)c(Br)c(S(N)(=O)=O)c1. The topological polar surface area (TPSA) is 86.5 Å². The van der Waals surface area contributed by atoms with Crippen molar-refractivity contribution in [1.82, 2.24) is 0 Å². The van der Waals surface area contributed by atoms with Gasteiger partial charge in [0.1, 0.15) is 5.82 Å². The molecule has 0 bridgehead atoms. The van der Waals surface area contributed by atoms with Crippen LogP contribution in [0.1, 0.15) is 10.4 Å². The average Bonchev–Trinajstić information content (AvgIpc) is 2.18. The normalized spacial score (nSPS) is 11.2. The molecule has 1 aromatic rings. The summed E-state index contributed by atoms with van der Waals surface area (Å²) in [4.78, 5) is 10.6. The molecule has 88 valence electrons. The van der Waals surface area contributed by atoms with Crippen LogP contribution in [0.15, 0.2) is 21.5 Å². The number of esters is 1. The van der Waals surface area contributed by atoms with Gasteiger partial charge in [-0.3, -0.25) is 0 Å².